The van der Waals surface area contributed by atoms with Crippen LogP contribution in [-0.4, -0.2) is 19.7 Å². The van der Waals surface area contributed by atoms with Crippen molar-refractivity contribution in [3.63, 3.8) is 0 Å². The maximum absolute atomic E-state index is 4.16. The molecule has 0 aliphatic rings. The first-order chi connectivity index (χ1) is 7.79. The molecule has 0 spiro atoms. The lowest BCUT2D eigenvalue weighted by atomic mass is 10.3. The van der Waals surface area contributed by atoms with Gasteiger partial charge in [0.25, 0.3) is 0 Å². The molecular formula is C11H15N5. The van der Waals surface area contributed by atoms with Crippen LogP contribution in [0.3, 0.4) is 0 Å². The zero-order valence-corrected chi connectivity index (χ0v) is 9.51. The van der Waals surface area contributed by atoms with Crippen LogP contribution in [0.5, 0.6) is 0 Å². The molecule has 0 aliphatic carbocycles. The molecule has 0 fully saturated rings. The minimum Gasteiger partial charge on any atom is -0.364 e. The molecule has 0 saturated carbocycles. The van der Waals surface area contributed by atoms with E-state index in [9.17, 15) is 0 Å². The van der Waals surface area contributed by atoms with Gasteiger partial charge in [-0.15, -0.1) is 0 Å². The summed E-state index contributed by atoms with van der Waals surface area (Å²) in [6.45, 7) is 2.80. The van der Waals surface area contributed by atoms with Crippen molar-refractivity contribution in [3.8, 4) is 0 Å². The van der Waals surface area contributed by atoms with Crippen LogP contribution >= 0.6 is 0 Å². The van der Waals surface area contributed by atoms with Crippen LogP contribution in [-0.2, 0) is 20.0 Å². The van der Waals surface area contributed by atoms with Crippen molar-refractivity contribution in [1.29, 1.82) is 0 Å². The predicted molar refractivity (Wildman–Crippen MR) is 61.9 cm³/mol. The molecule has 0 bridgehead atoms. The van der Waals surface area contributed by atoms with E-state index < -0.39 is 0 Å². The first-order valence-electron chi connectivity index (χ1n) is 5.31. The molecule has 0 atom stereocenters. The quantitative estimate of drug-likeness (QED) is 0.840. The molecule has 84 valence electrons. The zero-order chi connectivity index (χ0) is 11.4. The standard InChI is InChI=1S/C11H15N5/c1-3-9-6-11(14-8-13-9)12-7-10-4-5-15-16(10)2/h4-6,8H,3,7H2,1-2H3,(H,12,13,14). The Morgan fingerprint density at radius 2 is 2.25 bits per heavy atom. The fourth-order valence-corrected chi connectivity index (χ4v) is 1.44. The molecule has 0 amide bonds. The molecule has 0 radical (unpaired) electrons. The van der Waals surface area contributed by atoms with Crippen molar-refractivity contribution < 1.29 is 0 Å². The van der Waals surface area contributed by atoms with Gasteiger partial charge in [-0.05, 0) is 12.5 Å². The maximum Gasteiger partial charge on any atom is 0.129 e. The number of hydrogen-bond acceptors (Lipinski definition) is 4. The monoisotopic (exact) mass is 217 g/mol. The Labute approximate surface area is 94.5 Å². The number of anilines is 1. The van der Waals surface area contributed by atoms with Gasteiger partial charge in [-0.2, -0.15) is 5.10 Å². The minimum atomic E-state index is 0.719. The Bertz CT molecular complexity index is 463. The molecule has 0 saturated heterocycles. The van der Waals surface area contributed by atoms with Gasteiger partial charge in [-0.3, -0.25) is 4.68 Å². The van der Waals surface area contributed by atoms with E-state index in [0.29, 0.717) is 0 Å². The number of aromatic nitrogens is 4. The molecule has 5 heteroatoms. The van der Waals surface area contributed by atoms with Crippen LogP contribution in [0.15, 0.2) is 24.7 Å². The van der Waals surface area contributed by atoms with Crippen LogP contribution in [0.1, 0.15) is 18.3 Å². The van der Waals surface area contributed by atoms with E-state index in [1.165, 1.54) is 0 Å². The fraction of sp³-hybridized carbons (Fsp3) is 0.364. The van der Waals surface area contributed by atoms with E-state index in [1.807, 2.05) is 23.9 Å². The van der Waals surface area contributed by atoms with Crippen LogP contribution in [0, 0.1) is 0 Å². The van der Waals surface area contributed by atoms with Crippen LogP contribution < -0.4 is 5.32 Å². The number of rotatable bonds is 4. The molecule has 5 nitrogen and oxygen atoms in total. The fourth-order valence-electron chi connectivity index (χ4n) is 1.44. The molecule has 0 aromatic carbocycles. The van der Waals surface area contributed by atoms with Crippen molar-refractivity contribution in [3.05, 3.63) is 36.0 Å². The van der Waals surface area contributed by atoms with E-state index in [2.05, 4.69) is 27.3 Å². The summed E-state index contributed by atoms with van der Waals surface area (Å²) in [6.07, 6.45) is 4.29. The highest BCUT2D eigenvalue weighted by atomic mass is 15.3. The molecule has 2 rings (SSSR count). The average molecular weight is 217 g/mol. The molecule has 16 heavy (non-hydrogen) atoms. The van der Waals surface area contributed by atoms with Gasteiger partial charge in [-0.1, -0.05) is 6.92 Å². The van der Waals surface area contributed by atoms with Crippen molar-refractivity contribution in [2.45, 2.75) is 19.9 Å². The molecule has 2 aromatic heterocycles. The predicted octanol–water partition coefficient (Wildman–Crippen LogP) is 1.38. The molecular weight excluding hydrogens is 202 g/mol. The molecule has 0 aliphatic heterocycles. The van der Waals surface area contributed by atoms with Gasteiger partial charge in [0, 0.05) is 25.0 Å². The van der Waals surface area contributed by atoms with E-state index in [1.54, 1.807) is 12.5 Å². The lowest BCUT2D eigenvalue weighted by Gasteiger charge is -2.06. The summed E-state index contributed by atoms with van der Waals surface area (Å²) in [7, 11) is 1.93. The minimum absolute atomic E-state index is 0.719. The SMILES string of the molecule is CCc1cc(NCc2ccnn2C)ncn1. The van der Waals surface area contributed by atoms with Gasteiger partial charge < -0.3 is 5.32 Å². The second-order valence-electron chi connectivity index (χ2n) is 3.55. The highest BCUT2D eigenvalue weighted by Gasteiger charge is 2.00. The summed E-state index contributed by atoms with van der Waals surface area (Å²) in [5, 5.41) is 7.36. The summed E-state index contributed by atoms with van der Waals surface area (Å²) in [6, 6.07) is 3.95. The Balaban J connectivity index is 2.02. The average Bonchev–Trinajstić information content (AvgIpc) is 2.72. The first-order valence-corrected chi connectivity index (χ1v) is 5.31. The van der Waals surface area contributed by atoms with E-state index in [-0.39, 0.29) is 0 Å². The van der Waals surface area contributed by atoms with Gasteiger partial charge in [0.05, 0.1) is 12.2 Å². The van der Waals surface area contributed by atoms with Crippen molar-refractivity contribution in [1.82, 2.24) is 19.7 Å². The van der Waals surface area contributed by atoms with Crippen LogP contribution in [0.4, 0.5) is 5.82 Å². The lowest BCUT2D eigenvalue weighted by molar-refractivity contribution is 0.719. The van der Waals surface area contributed by atoms with Gasteiger partial charge in [0.1, 0.15) is 12.1 Å². The number of hydrogen-bond donors (Lipinski definition) is 1. The molecule has 1 N–H and O–H groups in total. The maximum atomic E-state index is 4.16. The molecule has 2 heterocycles. The van der Waals surface area contributed by atoms with Crippen LogP contribution in [0.25, 0.3) is 0 Å². The summed E-state index contributed by atoms with van der Waals surface area (Å²) >= 11 is 0. The highest BCUT2D eigenvalue weighted by Crippen LogP contribution is 2.06. The normalized spacial score (nSPS) is 10.4. The van der Waals surface area contributed by atoms with Gasteiger partial charge in [0.15, 0.2) is 0 Å². The first kappa shape index (κ1) is 10.6. The highest BCUT2D eigenvalue weighted by molar-refractivity contribution is 5.35. The summed E-state index contributed by atoms with van der Waals surface area (Å²) in [5.74, 6) is 0.855. The van der Waals surface area contributed by atoms with Crippen molar-refractivity contribution in [2.75, 3.05) is 5.32 Å². The van der Waals surface area contributed by atoms with Crippen LogP contribution in [0.2, 0.25) is 0 Å². The number of nitrogens with one attached hydrogen (secondary N) is 1. The van der Waals surface area contributed by atoms with Gasteiger partial charge >= 0.3 is 0 Å². The summed E-state index contributed by atoms with van der Waals surface area (Å²) in [4.78, 5) is 8.32. The van der Waals surface area contributed by atoms with Crippen molar-refractivity contribution in [2.24, 2.45) is 7.05 Å². The Morgan fingerprint density at radius 1 is 1.38 bits per heavy atom. The molecule has 2 aromatic rings. The van der Waals surface area contributed by atoms with E-state index in [4.69, 9.17) is 0 Å². The smallest absolute Gasteiger partial charge is 0.129 e. The van der Waals surface area contributed by atoms with Gasteiger partial charge in [-0.25, -0.2) is 9.97 Å². The second-order valence-corrected chi connectivity index (χ2v) is 3.55. The van der Waals surface area contributed by atoms with Gasteiger partial charge in [0.2, 0.25) is 0 Å². The topological polar surface area (TPSA) is 55.6 Å². The van der Waals surface area contributed by atoms with E-state index in [0.717, 1.165) is 30.2 Å². The molecule has 0 unspecified atom stereocenters. The van der Waals surface area contributed by atoms with E-state index >= 15 is 0 Å². The summed E-state index contributed by atoms with van der Waals surface area (Å²) < 4.78 is 1.84. The third-order valence-electron chi connectivity index (χ3n) is 2.46. The Kier molecular flexibility index (Phi) is 3.14. The Morgan fingerprint density at radius 3 is 2.94 bits per heavy atom. The largest absolute Gasteiger partial charge is 0.364 e. The second kappa shape index (κ2) is 4.74. The number of nitrogens with zero attached hydrogens (tertiary/aromatic N) is 4. The third kappa shape index (κ3) is 2.36. The number of aryl methyl sites for hydroxylation is 2. The van der Waals surface area contributed by atoms with Crippen molar-refractivity contribution >= 4 is 5.82 Å². The Hall–Kier alpha value is -1.91. The zero-order valence-electron chi connectivity index (χ0n) is 9.51. The lowest BCUT2D eigenvalue weighted by Crippen LogP contribution is -2.07. The third-order valence-corrected chi connectivity index (χ3v) is 2.46. The summed E-state index contributed by atoms with van der Waals surface area (Å²) in [5.41, 5.74) is 2.17.